The van der Waals surface area contributed by atoms with E-state index in [2.05, 4.69) is 0 Å². The highest BCUT2D eigenvalue weighted by Crippen LogP contribution is 2.26. The summed E-state index contributed by atoms with van der Waals surface area (Å²) in [5.74, 6) is -0.746. The van der Waals surface area contributed by atoms with E-state index in [-0.39, 0.29) is 10.5 Å². The largest absolute Gasteiger partial charge is 0.457 e. The molecular weight excluding hydrogens is 382 g/mol. The van der Waals surface area contributed by atoms with Crippen molar-refractivity contribution in [2.45, 2.75) is 51.5 Å². The number of hydrogen-bond donors (Lipinski definition) is 0. The van der Waals surface area contributed by atoms with Crippen molar-refractivity contribution in [1.29, 1.82) is 0 Å². The Balaban J connectivity index is 2.02. The first-order chi connectivity index (χ1) is 12.9. The minimum absolute atomic E-state index is 0.137. The van der Waals surface area contributed by atoms with Crippen molar-refractivity contribution in [3.8, 4) is 0 Å². The van der Waals surface area contributed by atoms with Crippen LogP contribution < -0.4 is 0 Å². The summed E-state index contributed by atoms with van der Waals surface area (Å²) in [4.78, 5) is 23.8. The number of benzene rings is 1. The van der Waals surface area contributed by atoms with Crippen LogP contribution in [0, 0.1) is 11.8 Å². The van der Waals surface area contributed by atoms with Gasteiger partial charge in [0.1, 0.15) is 5.60 Å². The van der Waals surface area contributed by atoms with Crippen molar-refractivity contribution in [3.63, 3.8) is 0 Å². The lowest BCUT2D eigenvalue weighted by Gasteiger charge is -2.34. The second-order valence-corrected chi connectivity index (χ2v) is 10.4. The average molecular weight is 412 g/mol. The smallest absolute Gasteiger partial charge is 0.344 e. The second kappa shape index (κ2) is 8.61. The molecule has 0 aromatic heterocycles. The first-order valence-corrected chi connectivity index (χ1v) is 10.8. The number of rotatable bonds is 5. The molecule has 1 aromatic rings. The minimum atomic E-state index is -3.61. The van der Waals surface area contributed by atoms with Gasteiger partial charge in [0, 0.05) is 13.1 Å². The normalized spacial score (nSPS) is 21.2. The van der Waals surface area contributed by atoms with Crippen LogP contribution in [0.25, 0.3) is 0 Å². The molecule has 0 spiro atoms. The number of carbonyl (C=O) groups excluding carboxylic acids is 2. The van der Waals surface area contributed by atoms with Crippen LogP contribution in [-0.2, 0) is 24.3 Å². The molecule has 0 amide bonds. The van der Waals surface area contributed by atoms with Gasteiger partial charge < -0.3 is 9.47 Å². The van der Waals surface area contributed by atoms with E-state index in [1.807, 2.05) is 13.8 Å². The molecular formula is C20H29NO6S. The van der Waals surface area contributed by atoms with Crippen molar-refractivity contribution in [2.24, 2.45) is 11.8 Å². The first-order valence-electron chi connectivity index (χ1n) is 9.37. The van der Waals surface area contributed by atoms with Crippen LogP contribution in [0.2, 0.25) is 0 Å². The molecule has 0 unspecified atom stereocenters. The molecule has 2 rings (SSSR count). The predicted octanol–water partition coefficient (Wildman–Crippen LogP) is 2.85. The Morgan fingerprint density at radius 1 is 1.07 bits per heavy atom. The summed E-state index contributed by atoms with van der Waals surface area (Å²) < 4.78 is 37.2. The van der Waals surface area contributed by atoms with Gasteiger partial charge in [-0.1, -0.05) is 13.8 Å². The summed E-state index contributed by atoms with van der Waals surface area (Å²) in [5.41, 5.74) is -0.494. The van der Waals surface area contributed by atoms with Gasteiger partial charge in [0.25, 0.3) is 0 Å². The molecule has 1 heterocycles. The van der Waals surface area contributed by atoms with Gasteiger partial charge in [-0.2, -0.15) is 4.31 Å². The van der Waals surface area contributed by atoms with Crippen molar-refractivity contribution >= 4 is 22.0 Å². The van der Waals surface area contributed by atoms with Crippen molar-refractivity contribution in [1.82, 2.24) is 4.31 Å². The summed E-state index contributed by atoms with van der Waals surface area (Å²) in [5, 5.41) is 0. The van der Waals surface area contributed by atoms with E-state index < -0.39 is 34.2 Å². The third-order valence-corrected chi connectivity index (χ3v) is 6.15. The van der Waals surface area contributed by atoms with Gasteiger partial charge in [0.15, 0.2) is 6.61 Å². The number of sulfonamides is 1. The summed E-state index contributed by atoms with van der Waals surface area (Å²) in [6, 6.07) is 5.56. The van der Waals surface area contributed by atoms with E-state index in [9.17, 15) is 18.0 Å². The average Bonchev–Trinajstić information content (AvgIpc) is 2.57. The van der Waals surface area contributed by atoms with Crippen LogP contribution in [0.15, 0.2) is 29.2 Å². The van der Waals surface area contributed by atoms with Gasteiger partial charge in [0.05, 0.1) is 10.5 Å². The van der Waals surface area contributed by atoms with Crippen LogP contribution >= 0.6 is 0 Å². The zero-order valence-corrected chi connectivity index (χ0v) is 17.9. The quantitative estimate of drug-likeness (QED) is 0.692. The van der Waals surface area contributed by atoms with Crippen molar-refractivity contribution < 1.29 is 27.5 Å². The SMILES string of the molecule is C[C@@H]1C[C@@H](C)CN(S(=O)(=O)c2ccc(C(=O)OCC(=O)OC(C)(C)C)cc2)C1. The van der Waals surface area contributed by atoms with Gasteiger partial charge in [-0.3, -0.25) is 0 Å². The standard InChI is InChI=1S/C20H29NO6S/c1-14-10-15(2)12-21(11-14)28(24,25)17-8-6-16(7-9-17)19(23)26-13-18(22)27-20(3,4)5/h6-9,14-15H,10-13H2,1-5H3/t14-,15-/m1/s1. The number of nitrogens with zero attached hydrogens (tertiary/aromatic N) is 1. The zero-order valence-electron chi connectivity index (χ0n) is 17.1. The fourth-order valence-electron chi connectivity index (χ4n) is 3.29. The van der Waals surface area contributed by atoms with Crippen molar-refractivity contribution in [3.05, 3.63) is 29.8 Å². The fourth-order valence-corrected chi connectivity index (χ4v) is 4.97. The molecule has 1 aromatic carbocycles. The third-order valence-electron chi connectivity index (χ3n) is 4.30. The topological polar surface area (TPSA) is 90.0 Å². The van der Waals surface area contributed by atoms with Crippen LogP contribution in [0.1, 0.15) is 51.4 Å². The van der Waals surface area contributed by atoms with E-state index in [0.29, 0.717) is 24.9 Å². The second-order valence-electron chi connectivity index (χ2n) is 8.46. The summed E-state index contributed by atoms with van der Waals surface area (Å²) in [6.45, 7) is 9.73. The Bertz CT molecular complexity index is 800. The van der Waals surface area contributed by atoms with Crippen LogP contribution in [0.4, 0.5) is 0 Å². The minimum Gasteiger partial charge on any atom is -0.457 e. The highest BCUT2D eigenvalue weighted by Gasteiger charge is 2.31. The molecule has 0 saturated carbocycles. The monoisotopic (exact) mass is 411 g/mol. The Kier molecular flexibility index (Phi) is 6.88. The Morgan fingerprint density at radius 3 is 2.11 bits per heavy atom. The molecule has 28 heavy (non-hydrogen) atoms. The van der Waals surface area contributed by atoms with Crippen LogP contribution in [0.5, 0.6) is 0 Å². The fraction of sp³-hybridized carbons (Fsp3) is 0.600. The zero-order chi connectivity index (χ0) is 21.1. The van der Waals surface area contributed by atoms with Gasteiger partial charge >= 0.3 is 11.9 Å². The molecule has 1 aliphatic rings. The van der Waals surface area contributed by atoms with Gasteiger partial charge in [-0.15, -0.1) is 0 Å². The van der Waals surface area contributed by atoms with Crippen molar-refractivity contribution in [2.75, 3.05) is 19.7 Å². The third kappa shape index (κ3) is 6.04. The summed E-state index contributed by atoms with van der Waals surface area (Å²) >= 11 is 0. The lowest BCUT2D eigenvalue weighted by atomic mass is 9.94. The molecule has 8 heteroatoms. The van der Waals surface area contributed by atoms with E-state index in [4.69, 9.17) is 9.47 Å². The molecule has 0 radical (unpaired) electrons. The molecule has 0 bridgehead atoms. The Hall–Kier alpha value is -1.93. The number of piperidine rings is 1. The summed E-state index contributed by atoms with van der Waals surface area (Å²) in [7, 11) is -3.61. The molecule has 0 N–H and O–H groups in total. The first kappa shape index (κ1) is 22.4. The summed E-state index contributed by atoms with van der Waals surface area (Å²) in [6.07, 6.45) is 1.01. The van der Waals surface area contributed by atoms with Gasteiger partial charge in [-0.25, -0.2) is 18.0 Å². The van der Waals surface area contributed by atoms with Gasteiger partial charge in [-0.05, 0) is 63.3 Å². The predicted molar refractivity (Wildman–Crippen MR) is 104 cm³/mol. The Labute approximate surface area is 167 Å². The molecule has 1 fully saturated rings. The maximum absolute atomic E-state index is 12.9. The highest BCUT2D eigenvalue weighted by molar-refractivity contribution is 7.89. The number of carbonyl (C=O) groups is 2. The van der Waals surface area contributed by atoms with Gasteiger partial charge in [0.2, 0.25) is 10.0 Å². The lowest BCUT2D eigenvalue weighted by molar-refractivity contribution is -0.158. The number of esters is 2. The maximum Gasteiger partial charge on any atom is 0.344 e. The van der Waals surface area contributed by atoms with Crippen LogP contribution in [0.3, 0.4) is 0 Å². The molecule has 7 nitrogen and oxygen atoms in total. The number of ether oxygens (including phenoxy) is 2. The highest BCUT2D eigenvalue weighted by atomic mass is 32.2. The van der Waals surface area contributed by atoms with E-state index >= 15 is 0 Å². The van der Waals surface area contributed by atoms with E-state index in [1.54, 1.807) is 20.8 Å². The maximum atomic E-state index is 12.9. The molecule has 0 aliphatic carbocycles. The van der Waals surface area contributed by atoms with E-state index in [1.165, 1.54) is 28.6 Å². The number of hydrogen-bond acceptors (Lipinski definition) is 6. The molecule has 156 valence electrons. The van der Waals surface area contributed by atoms with Crippen LogP contribution in [-0.4, -0.2) is 50.0 Å². The molecule has 1 saturated heterocycles. The lowest BCUT2D eigenvalue weighted by Crippen LogP contribution is -2.42. The Morgan fingerprint density at radius 2 is 1.61 bits per heavy atom. The molecule has 2 atom stereocenters. The molecule has 1 aliphatic heterocycles. The van der Waals surface area contributed by atoms with E-state index in [0.717, 1.165) is 6.42 Å².